The highest BCUT2D eigenvalue weighted by Gasteiger charge is 1.97. The molecule has 3 aromatic carbocycles. The molecule has 0 aromatic heterocycles. The third kappa shape index (κ3) is 4.40. The van der Waals surface area contributed by atoms with E-state index in [1.54, 1.807) is 12.1 Å². The predicted molar refractivity (Wildman–Crippen MR) is 95.9 cm³/mol. The maximum absolute atomic E-state index is 9.47. The van der Waals surface area contributed by atoms with Gasteiger partial charge in [0.05, 0.1) is 0 Å². The van der Waals surface area contributed by atoms with E-state index in [2.05, 4.69) is 0 Å². The van der Waals surface area contributed by atoms with Gasteiger partial charge in [0.1, 0.15) is 23.9 Å². The molecule has 0 aliphatic heterocycles. The van der Waals surface area contributed by atoms with E-state index in [-0.39, 0.29) is 11.5 Å². The van der Waals surface area contributed by atoms with Gasteiger partial charge in [-0.15, -0.1) is 0 Å². The average molecular weight is 318 g/mol. The molecule has 0 heterocycles. The molecule has 0 unspecified atom stereocenters. The molecule has 120 valence electrons. The van der Waals surface area contributed by atoms with Gasteiger partial charge in [-0.3, -0.25) is 0 Å². The summed E-state index contributed by atoms with van der Waals surface area (Å²) < 4.78 is 5.75. The average Bonchev–Trinajstić information content (AvgIpc) is 2.59. The van der Waals surface area contributed by atoms with Gasteiger partial charge >= 0.3 is 0 Å². The summed E-state index contributed by atoms with van der Waals surface area (Å²) in [6.45, 7) is 0.540. The lowest BCUT2D eigenvalue weighted by molar-refractivity contribution is 0.306. The topological polar surface area (TPSA) is 49.7 Å². The van der Waals surface area contributed by atoms with Gasteiger partial charge in [0.2, 0.25) is 0 Å². The van der Waals surface area contributed by atoms with Gasteiger partial charge in [0, 0.05) is 6.07 Å². The normalized spacial score (nSPS) is 10.8. The second kappa shape index (κ2) is 7.38. The van der Waals surface area contributed by atoms with Crippen molar-refractivity contribution in [3.8, 4) is 17.2 Å². The molecule has 0 amide bonds. The molecule has 3 nitrogen and oxygen atoms in total. The lowest BCUT2D eigenvalue weighted by Crippen LogP contribution is -1.94. The van der Waals surface area contributed by atoms with Crippen molar-refractivity contribution in [2.75, 3.05) is 0 Å². The summed E-state index contributed by atoms with van der Waals surface area (Å²) in [5.41, 5.74) is 2.87. The quantitative estimate of drug-likeness (QED) is 0.661. The fourth-order valence-corrected chi connectivity index (χ4v) is 2.32. The van der Waals surface area contributed by atoms with Gasteiger partial charge in [-0.25, -0.2) is 0 Å². The van der Waals surface area contributed by atoms with E-state index < -0.39 is 0 Å². The van der Waals surface area contributed by atoms with Crippen molar-refractivity contribution in [1.82, 2.24) is 0 Å². The fraction of sp³-hybridized carbons (Fsp3) is 0.0476. The van der Waals surface area contributed by atoms with Crippen LogP contribution in [0.1, 0.15) is 16.7 Å². The molecular weight excluding hydrogens is 300 g/mol. The number of benzene rings is 3. The molecule has 3 rings (SSSR count). The second-order valence-electron chi connectivity index (χ2n) is 5.46. The number of hydrogen-bond acceptors (Lipinski definition) is 3. The minimum Gasteiger partial charge on any atom is -0.508 e. The maximum atomic E-state index is 9.47. The second-order valence-corrected chi connectivity index (χ2v) is 5.46. The Bertz CT molecular complexity index is 801. The van der Waals surface area contributed by atoms with Crippen LogP contribution >= 0.6 is 0 Å². The Labute approximate surface area is 141 Å². The van der Waals surface area contributed by atoms with Gasteiger partial charge in [-0.2, -0.15) is 0 Å². The van der Waals surface area contributed by atoms with Crippen molar-refractivity contribution in [2.45, 2.75) is 6.61 Å². The van der Waals surface area contributed by atoms with Crippen LogP contribution in [0.5, 0.6) is 17.2 Å². The van der Waals surface area contributed by atoms with Gasteiger partial charge < -0.3 is 14.9 Å². The van der Waals surface area contributed by atoms with Crippen LogP contribution in [0, 0.1) is 0 Å². The van der Waals surface area contributed by atoms with Crippen molar-refractivity contribution in [1.29, 1.82) is 0 Å². The van der Waals surface area contributed by atoms with Gasteiger partial charge in [-0.1, -0.05) is 54.6 Å². The highest BCUT2D eigenvalue weighted by atomic mass is 16.5. The first-order valence-corrected chi connectivity index (χ1v) is 7.67. The number of rotatable bonds is 5. The minimum absolute atomic E-state index is 0.0410. The lowest BCUT2D eigenvalue weighted by Gasteiger charge is -2.06. The SMILES string of the molecule is Oc1cc(O)cc(C=Cc2ccc(OCc3ccccc3)cc2)c1. The summed E-state index contributed by atoms with van der Waals surface area (Å²) in [5.74, 6) is 0.893. The van der Waals surface area contributed by atoms with Crippen LogP contribution in [0.4, 0.5) is 0 Å². The summed E-state index contributed by atoms with van der Waals surface area (Å²) in [6, 6.07) is 22.3. The van der Waals surface area contributed by atoms with E-state index in [9.17, 15) is 10.2 Å². The standard InChI is InChI=1S/C21H18O3/c22-19-12-18(13-20(23)14-19)7-6-16-8-10-21(11-9-16)24-15-17-4-2-1-3-5-17/h1-14,22-23H,15H2. The van der Waals surface area contributed by atoms with E-state index in [1.807, 2.05) is 66.7 Å². The van der Waals surface area contributed by atoms with Crippen LogP contribution < -0.4 is 4.74 Å². The zero-order chi connectivity index (χ0) is 16.8. The highest BCUT2D eigenvalue weighted by molar-refractivity contribution is 5.71. The molecule has 0 atom stereocenters. The third-order valence-electron chi connectivity index (χ3n) is 3.52. The van der Waals surface area contributed by atoms with Crippen LogP contribution in [0.2, 0.25) is 0 Å². The van der Waals surface area contributed by atoms with E-state index in [4.69, 9.17) is 4.74 Å². The van der Waals surface area contributed by atoms with E-state index in [1.165, 1.54) is 6.07 Å². The van der Waals surface area contributed by atoms with Crippen LogP contribution in [-0.4, -0.2) is 10.2 Å². The van der Waals surface area contributed by atoms with E-state index >= 15 is 0 Å². The van der Waals surface area contributed by atoms with E-state index in [0.29, 0.717) is 6.61 Å². The van der Waals surface area contributed by atoms with Crippen molar-refractivity contribution in [3.05, 3.63) is 89.5 Å². The summed E-state index contributed by atoms with van der Waals surface area (Å²) in [6.07, 6.45) is 3.74. The molecule has 0 spiro atoms. The number of phenolic OH excluding ortho intramolecular Hbond substituents is 2. The Morgan fingerprint density at radius 3 is 2.00 bits per heavy atom. The first-order valence-electron chi connectivity index (χ1n) is 7.67. The van der Waals surface area contributed by atoms with Crippen LogP contribution in [-0.2, 0) is 6.61 Å². The molecule has 0 fully saturated rings. The maximum Gasteiger partial charge on any atom is 0.119 e. The first kappa shape index (κ1) is 15.7. The van der Waals surface area contributed by atoms with Crippen LogP contribution in [0.15, 0.2) is 72.8 Å². The zero-order valence-electron chi connectivity index (χ0n) is 13.1. The van der Waals surface area contributed by atoms with E-state index in [0.717, 1.165) is 22.4 Å². The Morgan fingerprint density at radius 1 is 0.708 bits per heavy atom. The lowest BCUT2D eigenvalue weighted by atomic mass is 10.1. The Morgan fingerprint density at radius 2 is 1.33 bits per heavy atom. The monoisotopic (exact) mass is 318 g/mol. The third-order valence-corrected chi connectivity index (χ3v) is 3.52. The first-order chi connectivity index (χ1) is 11.7. The predicted octanol–water partition coefficient (Wildman–Crippen LogP) is 4.85. The molecule has 3 aromatic rings. The summed E-state index contributed by atoms with van der Waals surface area (Å²) in [5, 5.41) is 18.9. The molecular formula is C21H18O3. The summed E-state index contributed by atoms with van der Waals surface area (Å²) >= 11 is 0. The van der Waals surface area contributed by atoms with Crippen molar-refractivity contribution < 1.29 is 14.9 Å². The number of aromatic hydroxyl groups is 2. The van der Waals surface area contributed by atoms with Crippen molar-refractivity contribution >= 4 is 12.2 Å². The molecule has 0 saturated carbocycles. The Balaban J connectivity index is 1.62. The molecule has 0 aliphatic carbocycles. The van der Waals surface area contributed by atoms with Crippen molar-refractivity contribution in [2.24, 2.45) is 0 Å². The molecule has 0 saturated heterocycles. The summed E-state index contributed by atoms with van der Waals surface area (Å²) in [4.78, 5) is 0. The Hall–Kier alpha value is -3.20. The van der Waals surface area contributed by atoms with Gasteiger partial charge in [-0.05, 0) is 41.0 Å². The van der Waals surface area contributed by atoms with Crippen molar-refractivity contribution in [3.63, 3.8) is 0 Å². The molecule has 2 N–H and O–H groups in total. The summed E-state index contributed by atoms with van der Waals surface area (Å²) in [7, 11) is 0. The molecule has 24 heavy (non-hydrogen) atoms. The smallest absolute Gasteiger partial charge is 0.119 e. The zero-order valence-corrected chi connectivity index (χ0v) is 13.1. The largest absolute Gasteiger partial charge is 0.508 e. The van der Waals surface area contributed by atoms with Gasteiger partial charge in [0.25, 0.3) is 0 Å². The molecule has 0 bridgehead atoms. The number of hydrogen-bond donors (Lipinski definition) is 2. The fourth-order valence-electron chi connectivity index (χ4n) is 2.32. The van der Waals surface area contributed by atoms with Gasteiger partial charge in [0.15, 0.2) is 0 Å². The van der Waals surface area contributed by atoms with Crippen LogP contribution in [0.3, 0.4) is 0 Å². The highest BCUT2D eigenvalue weighted by Crippen LogP contribution is 2.22. The Kier molecular flexibility index (Phi) is 4.82. The minimum atomic E-state index is 0.0410. The van der Waals surface area contributed by atoms with Crippen LogP contribution in [0.25, 0.3) is 12.2 Å². The molecule has 3 heteroatoms. The number of ether oxygens (including phenoxy) is 1. The molecule has 0 aliphatic rings. The number of phenols is 2. The molecule has 0 radical (unpaired) electrons.